The molecule has 0 saturated heterocycles. The molecule has 2 N–H and O–H groups in total. The predicted molar refractivity (Wildman–Crippen MR) is 93.3 cm³/mol. The van der Waals surface area contributed by atoms with Gasteiger partial charge < -0.3 is 10.4 Å². The van der Waals surface area contributed by atoms with Crippen LogP contribution in [0.15, 0.2) is 72.8 Å². The minimum Gasteiger partial charge on any atom is -0.508 e. The minimum atomic E-state index is -0.240. The Morgan fingerprint density at radius 3 is 2.12 bits per heavy atom. The summed E-state index contributed by atoms with van der Waals surface area (Å²) in [4.78, 5) is 23.1. The second-order valence-corrected chi connectivity index (χ2v) is 5.32. The lowest BCUT2D eigenvalue weighted by Gasteiger charge is -2.07. The van der Waals surface area contributed by atoms with Gasteiger partial charge in [-0.1, -0.05) is 36.4 Å². The number of anilines is 1. The van der Waals surface area contributed by atoms with Crippen molar-refractivity contribution in [3.05, 3.63) is 83.9 Å². The molecule has 1 amide bonds. The lowest BCUT2D eigenvalue weighted by molar-refractivity contribution is 0.102. The number of carbonyl (C=O) groups excluding carboxylic acids is 2. The van der Waals surface area contributed by atoms with Crippen molar-refractivity contribution in [2.75, 3.05) is 5.32 Å². The summed E-state index contributed by atoms with van der Waals surface area (Å²) in [5, 5.41) is 12.1. The predicted octanol–water partition coefficient (Wildman–Crippen LogP) is 4.12. The zero-order valence-corrected chi connectivity index (χ0v) is 12.8. The van der Waals surface area contributed by atoms with Gasteiger partial charge in [-0.05, 0) is 47.5 Å². The summed E-state index contributed by atoms with van der Waals surface area (Å²) in [6.45, 7) is 0. The quantitative estimate of drug-likeness (QED) is 0.711. The van der Waals surface area contributed by atoms with Gasteiger partial charge in [0.25, 0.3) is 5.91 Å². The fourth-order valence-electron chi connectivity index (χ4n) is 2.36. The average molecular weight is 317 g/mol. The number of phenols is 1. The number of nitrogens with one attached hydrogen (secondary N) is 1. The van der Waals surface area contributed by atoms with Gasteiger partial charge in [0, 0.05) is 16.8 Å². The van der Waals surface area contributed by atoms with Crippen molar-refractivity contribution in [3.63, 3.8) is 0 Å². The van der Waals surface area contributed by atoms with Crippen LogP contribution in [-0.4, -0.2) is 17.3 Å². The molecule has 0 atom stereocenters. The summed E-state index contributed by atoms with van der Waals surface area (Å²) in [7, 11) is 0. The lowest BCUT2D eigenvalue weighted by atomic mass is 10.0. The molecule has 0 radical (unpaired) electrons. The summed E-state index contributed by atoms with van der Waals surface area (Å²) in [6.07, 6.45) is 0.738. The number of rotatable bonds is 4. The lowest BCUT2D eigenvalue weighted by Crippen LogP contribution is -2.11. The number of aromatic hydroxyl groups is 1. The van der Waals surface area contributed by atoms with Crippen molar-refractivity contribution < 1.29 is 14.7 Å². The fourth-order valence-corrected chi connectivity index (χ4v) is 2.36. The van der Waals surface area contributed by atoms with Crippen LogP contribution in [0.5, 0.6) is 5.75 Å². The highest BCUT2D eigenvalue weighted by molar-refractivity contribution is 6.04. The fraction of sp³-hybridized carbons (Fsp3) is 0. The Bertz CT molecular complexity index is 868. The molecule has 0 bridgehead atoms. The summed E-state index contributed by atoms with van der Waals surface area (Å²) in [5.41, 5.74) is 3.52. The first kappa shape index (κ1) is 15.5. The molecule has 0 spiro atoms. The highest BCUT2D eigenvalue weighted by Crippen LogP contribution is 2.22. The zero-order chi connectivity index (χ0) is 16.9. The molecule has 24 heavy (non-hydrogen) atoms. The van der Waals surface area contributed by atoms with Gasteiger partial charge in [-0.15, -0.1) is 0 Å². The van der Waals surface area contributed by atoms with Crippen LogP contribution in [0.4, 0.5) is 5.69 Å². The van der Waals surface area contributed by atoms with E-state index in [-0.39, 0.29) is 11.7 Å². The average Bonchev–Trinajstić information content (AvgIpc) is 2.62. The van der Waals surface area contributed by atoms with Gasteiger partial charge in [0.2, 0.25) is 0 Å². The van der Waals surface area contributed by atoms with E-state index in [1.165, 1.54) is 0 Å². The van der Waals surface area contributed by atoms with Crippen molar-refractivity contribution >= 4 is 17.9 Å². The van der Waals surface area contributed by atoms with Crippen molar-refractivity contribution in [1.82, 2.24) is 0 Å². The van der Waals surface area contributed by atoms with Crippen LogP contribution in [0.2, 0.25) is 0 Å². The summed E-state index contributed by atoms with van der Waals surface area (Å²) in [6, 6.07) is 20.8. The number of phenolic OH excluding ortho intramolecular Hbond substituents is 1. The minimum absolute atomic E-state index is 0.215. The molecule has 4 nitrogen and oxygen atoms in total. The molecule has 3 aromatic carbocycles. The highest BCUT2D eigenvalue weighted by atomic mass is 16.3. The van der Waals surface area contributed by atoms with Gasteiger partial charge in [-0.3, -0.25) is 9.59 Å². The van der Waals surface area contributed by atoms with Crippen LogP contribution in [0.1, 0.15) is 20.7 Å². The van der Waals surface area contributed by atoms with Crippen LogP contribution in [-0.2, 0) is 0 Å². The van der Waals surface area contributed by atoms with Crippen LogP contribution in [0.25, 0.3) is 11.1 Å². The number of hydrogen-bond donors (Lipinski definition) is 2. The van der Waals surface area contributed by atoms with Crippen molar-refractivity contribution in [3.8, 4) is 16.9 Å². The normalized spacial score (nSPS) is 10.2. The van der Waals surface area contributed by atoms with Crippen molar-refractivity contribution in [2.24, 2.45) is 0 Å². The Hall–Kier alpha value is -3.40. The van der Waals surface area contributed by atoms with Gasteiger partial charge in [-0.25, -0.2) is 0 Å². The van der Waals surface area contributed by atoms with Crippen molar-refractivity contribution in [1.29, 1.82) is 0 Å². The van der Waals surface area contributed by atoms with E-state index >= 15 is 0 Å². The topological polar surface area (TPSA) is 66.4 Å². The maximum absolute atomic E-state index is 12.3. The first-order chi connectivity index (χ1) is 11.7. The molecule has 0 heterocycles. The van der Waals surface area contributed by atoms with Gasteiger partial charge in [-0.2, -0.15) is 0 Å². The monoisotopic (exact) mass is 317 g/mol. The third-order valence-electron chi connectivity index (χ3n) is 3.63. The van der Waals surface area contributed by atoms with Gasteiger partial charge in [0.05, 0.1) is 0 Å². The molecular weight excluding hydrogens is 302 g/mol. The highest BCUT2D eigenvalue weighted by Gasteiger charge is 2.07. The Morgan fingerprint density at radius 1 is 0.875 bits per heavy atom. The number of carbonyl (C=O) groups is 2. The largest absolute Gasteiger partial charge is 0.508 e. The van der Waals surface area contributed by atoms with Crippen LogP contribution < -0.4 is 5.32 Å². The van der Waals surface area contributed by atoms with E-state index in [1.54, 1.807) is 48.5 Å². The standard InChI is InChI=1S/C20H15NO3/c22-13-14-2-1-3-18(12-14)21-20(24)17-6-4-15(5-7-17)16-8-10-19(23)11-9-16/h1-13,23H,(H,21,24). The SMILES string of the molecule is O=Cc1cccc(NC(=O)c2ccc(-c3ccc(O)cc3)cc2)c1. The Kier molecular flexibility index (Phi) is 4.38. The maximum atomic E-state index is 12.3. The van der Waals surface area contributed by atoms with E-state index in [4.69, 9.17) is 0 Å². The van der Waals surface area contributed by atoms with Gasteiger partial charge in [0.15, 0.2) is 0 Å². The van der Waals surface area contributed by atoms with E-state index in [9.17, 15) is 14.7 Å². The third kappa shape index (κ3) is 3.50. The molecule has 3 aromatic rings. The molecule has 118 valence electrons. The molecular formula is C20H15NO3. The van der Waals surface area contributed by atoms with E-state index in [1.807, 2.05) is 24.3 Å². The number of aldehydes is 1. The Morgan fingerprint density at radius 2 is 1.50 bits per heavy atom. The van der Waals surface area contributed by atoms with E-state index in [0.29, 0.717) is 16.8 Å². The third-order valence-corrected chi connectivity index (χ3v) is 3.63. The summed E-state index contributed by atoms with van der Waals surface area (Å²) >= 11 is 0. The summed E-state index contributed by atoms with van der Waals surface area (Å²) < 4.78 is 0. The smallest absolute Gasteiger partial charge is 0.255 e. The van der Waals surface area contributed by atoms with E-state index in [2.05, 4.69) is 5.32 Å². The molecule has 0 aromatic heterocycles. The van der Waals surface area contributed by atoms with Crippen LogP contribution in [0, 0.1) is 0 Å². The first-order valence-corrected chi connectivity index (χ1v) is 7.42. The molecule has 0 aliphatic rings. The summed E-state index contributed by atoms with van der Waals surface area (Å²) in [5.74, 6) is -0.0254. The zero-order valence-electron chi connectivity index (χ0n) is 12.8. The number of hydrogen-bond acceptors (Lipinski definition) is 3. The molecule has 0 unspecified atom stereocenters. The Labute approximate surface area is 139 Å². The van der Waals surface area contributed by atoms with Crippen LogP contribution >= 0.6 is 0 Å². The molecule has 3 rings (SSSR count). The molecule has 0 saturated carbocycles. The number of benzene rings is 3. The first-order valence-electron chi connectivity index (χ1n) is 7.42. The number of amides is 1. The Balaban J connectivity index is 1.76. The van der Waals surface area contributed by atoms with Crippen molar-refractivity contribution in [2.45, 2.75) is 0 Å². The molecule has 4 heteroatoms. The maximum Gasteiger partial charge on any atom is 0.255 e. The molecule has 0 fully saturated rings. The molecule has 0 aliphatic carbocycles. The van der Waals surface area contributed by atoms with E-state index in [0.717, 1.165) is 17.4 Å². The van der Waals surface area contributed by atoms with Gasteiger partial charge in [0.1, 0.15) is 12.0 Å². The van der Waals surface area contributed by atoms with Crippen LogP contribution in [0.3, 0.4) is 0 Å². The second-order valence-electron chi connectivity index (χ2n) is 5.32. The second kappa shape index (κ2) is 6.79. The van der Waals surface area contributed by atoms with E-state index < -0.39 is 0 Å². The van der Waals surface area contributed by atoms with Gasteiger partial charge >= 0.3 is 0 Å². The molecule has 0 aliphatic heterocycles.